The Hall–Kier alpha value is -2.15. The predicted molar refractivity (Wildman–Crippen MR) is 77.1 cm³/mol. The van der Waals surface area contributed by atoms with E-state index in [4.69, 9.17) is 0 Å². The summed E-state index contributed by atoms with van der Waals surface area (Å²) in [6.45, 7) is 1.85. The van der Waals surface area contributed by atoms with Crippen molar-refractivity contribution in [2.24, 2.45) is 7.05 Å². The second-order valence-corrected chi connectivity index (χ2v) is 5.83. The molecule has 0 aromatic carbocycles. The third-order valence-corrected chi connectivity index (χ3v) is 4.37. The number of hydrogen-bond donors (Lipinski definition) is 0. The van der Waals surface area contributed by atoms with E-state index in [0.717, 1.165) is 20.3 Å². The zero-order valence-corrected chi connectivity index (χ0v) is 12.2. The lowest BCUT2D eigenvalue weighted by molar-refractivity contribution is -0.141. The Labute approximate surface area is 118 Å². The van der Waals surface area contributed by atoms with Crippen LogP contribution in [0.15, 0.2) is 17.1 Å². The van der Waals surface area contributed by atoms with Crippen LogP contribution in [0, 0.1) is 6.92 Å². The largest absolute Gasteiger partial charge is 0.468 e. The smallest absolute Gasteiger partial charge is 0.327 e. The van der Waals surface area contributed by atoms with Gasteiger partial charge in [0.15, 0.2) is 0 Å². The molecule has 20 heavy (non-hydrogen) atoms. The number of carbonyl (C=O) groups excluding carboxylic acids is 1. The van der Waals surface area contributed by atoms with Crippen molar-refractivity contribution in [2.45, 2.75) is 13.5 Å². The molecule has 0 N–H and O–H groups in total. The van der Waals surface area contributed by atoms with E-state index in [9.17, 15) is 9.59 Å². The van der Waals surface area contributed by atoms with Crippen LogP contribution < -0.4 is 5.56 Å². The first-order chi connectivity index (χ1) is 9.52. The molecule has 7 heteroatoms. The minimum absolute atomic E-state index is 0.177. The molecule has 0 saturated carbocycles. The molecule has 3 aromatic heterocycles. The number of aryl methyl sites for hydroxylation is 2. The quantitative estimate of drug-likeness (QED) is 0.670. The summed E-state index contributed by atoms with van der Waals surface area (Å²) >= 11 is 1.63. The molecule has 3 aromatic rings. The van der Waals surface area contributed by atoms with Crippen LogP contribution in [0.4, 0.5) is 0 Å². The number of fused-ring (bicyclic) bond motifs is 3. The van der Waals surface area contributed by atoms with Gasteiger partial charge in [0, 0.05) is 17.3 Å². The zero-order valence-electron chi connectivity index (χ0n) is 11.3. The minimum atomic E-state index is -0.495. The number of esters is 1. The number of ether oxygens (including phenoxy) is 1. The molecule has 0 fully saturated rings. The van der Waals surface area contributed by atoms with Crippen LogP contribution in [-0.4, -0.2) is 27.4 Å². The van der Waals surface area contributed by atoms with E-state index in [0.29, 0.717) is 5.52 Å². The zero-order chi connectivity index (χ0) is 14.4. The first-order valence-electron chi connectivity index (χ1n) is 6.04. The average molecular weight is 291 g/mol. The lowest BCUT2D eigenvalue weighted by atomic mass is 10.3. The van der Waals surface area contributed by atoms with Gasteiger partial charge in [-0.3, -0.25) is 9.59 Å². The van der Waals surface area contributed by atoms with Gasteiger partial charge in [-0.15, -0.1) is 11.3 Å². The predicted octanol–water partition coefficient (Wildman–Crippen LogP) is 1.43. The first kappa shape index (κ1) is 12.9. The molecule has 0 atom stereocenters. The summed E-state index contributed by atoms with van der Waals surface area (Å²) in [5, 5.41) is 4.89. The molecule has 3 rings (SSSR count). The van der Waals surface area contributed by atoms with E-state index in [1.54, 1.807) is 17.5 Å². The Balaban J connectivity index is 2.30. The molecule has 104 valence electrons. The Bertz CT molecular complexity index is 888. The number of rotatable bonds is 2. The third kappa shape index (κ3) is 1.74. The molecular weight excluding hydrogens is 278 g/mol. The number of aromatic nitrogens is 3. The summed E-state index contributed by atoms with van der Waals surface area (Å²) in [5.74, 6) is -0.495. The standard InChI is InChI=1S/C13H13N3O3S/c1-7-4-9-12(20-7)8-5-14-16(6-10(17)19-3)13(18)11(8)15(9)2/h4-5H,6H2,1-3H3. The van der Waals surface area contributed by atoms with Gasteiger partial charge in [-0.25, -0.2) is 4.68 Å². The maximum Gasteiger partial charge on any atom is 0.327 e. The van der Waals surface area contributed by atoms with Crippen molar-refractivity contribution in [2.75, 3.05) is 7.11 Å². The number of hydrogen-bond acceptors (Lipinski definition) is 5. The van der Waals surface area contributed by atoms with Crippen LogP contribution in [0.1, 0.15) is 4.88 Å². The van der Waals surface area contributed by atoms with Crippen molar-refractivity contribution in [1.82, 2.24) is 14.3 Å². The van der Waals surface area contributed by atoms with Crippen molar-refractivity contribution in [1.29, 1.82) is 0 Å². The van der Waals surface area contributed by atoms with Crippen molar-refractivity contribution in [3.05, 3.63) is 27.5 Å². The van der Waals surface area contributed by atoms with Crippen molar-refractivity contribution in [3.63, 3.8) is 0 Å². The Morgan fingerprint density at radius 3 is 2.95 bits per heavy atom. The molecule has 0 unspecified atom stereocenters. The Kier molecular flexibility index (Phi) is 2.86. The normalized spacial score (nSPS) is 11.3. The van der Waals surface area contributed by atoms with Gasteiger partial charge in [0.2, 0.25) is 0 Å². The summed E-state index contributed by atoms with van der Waals surface area (Å²) in [5.41, 5.74) is 1.29. The summed E-state index contributed by atoms with van der Waals surface area (Å²) in [6.07, 6.45) is 1.64. The van der Waals surface area contributed by atoms with Crippen molar-refractivity contribution >= 4 is 38.4 Å². The van der Waals surface area contributed by atoms with Crippen LogP contribution in [0.25, 0.3) is 21.1 Å². The highest BCUT2D eigenvalue weighted by molar-refractivity contribution is 7.20. The lowest BCUT2D eigenvalue weighted by Gasteiger charge is -2.04. The number of thiophene rings is 1. The Morgan fingerprint density at radius 1 is 1.50 bits per heavy atom. The van der Waals surface area contributed by atoms with Gasteiger partial charge in [0.25, 0.3) is 5.56 Å². The van der Waals surface area contributed by atoms with Crippen molar-refractivity contribution in [3.8, 4) is 0 Å². The van der Waals surface area contributed by atoms with E-state index in [1.807, 2.05) is 24.6 Å². The molecule has 0 saturated heterocycles. The number of methoxy groups -OCH3 is 1. The van der Waals surface area contributed by atoms with E-state index in [2.05, 4.69) is 9.84 Å². The van der Waals surface area contributed by atoms with Crippen LogP contribution in [0.2, 0.25) is 0 Å². The molecule has 0 radical (unpaired) electrons. The van der Waals surface area contributed by atoms with Gasteiger partial charge in [-0.2, -0.15) is 5.10 Å². The maximum atomic E-state index is 12.4. The highest BCUT2D eigenvalue weighted by Gasteiger charge is 2.16. The topological polar surface area (TPSA) is 66.1 Å². The SMILES string of the molecule is COC(=O)Cn1ncc2c3sc(C)cc3n(C)c2c1=O. The third-order valence-electron chi connectivity index (χ3n) is 3.30. The highest BCUT2D eigenvalue weighted by atomic mass is 32.1. The maximum absolute atomic E-state index is 12.4. The van der Waals surface area contributed by atoms with Crippen molar-refractivity contribution < 1.29 is 9.53 Å². The molecule has 0 aliphatic carbocycles. The molecule has 0 amide bonds. The van der Waals surface area contributed by atoms with Crippen LogP contribution >= 0.6 is 11.3 Å². The van der Waals surface area contributed by atoms with Gasteiger partial charge in [-0.05, 0) is 13.0 Å². The molecule has 3 heterocycles. The fraction of sp³-hybridized carbons (Fsp3) is 0.308. The molecular formula is C13H13N3O3S. The van der Waals surface area contributed by atoms with Crippen LogP contribution in [-0.2, 0) is 23.1 Å². The molecule has 0 aliphatic rings. The molecule has 0 bridgehead atoms. The van der Waals surface area contributed by atoms with Gasteiger partial charge < -0.3 is 9.30 Å². The van der Waals surface area contributed by atoms with Crippen LogP contribution in [0.3, 0.4) is 0 Å². The fourth-order valence-electron chi connectivity index (χ4n) is 2.33. The highest BCUT2D eigenvalue weighted by Crippen LogP contribution is 2.32. The van der Waals surface area contributed by atoms with Gasteiger partial charge >= 0.3 is 5.97 Å². The number of carbonyl (C=O) groups is 1. The average Bonchev–Trinajstić information content (AvgIpc) is 2.91. The second kappa shape index (κ2) is 4.45. The minimum Gasteiger partial charge on any atom is -0.468 e. The molecule has 0 aliphatic heterocycles. The van der Waals surface area contributed by atoms with Crippen LogP contribution in [0.5, 0.6) is 0 Å². The number of nitrogens with zero attached hydrogens (tertiary/aromatic N) is 3. The first-order valence-corrected chi connectivity index (χ1v) is 6.86. The van der Waals surface area contributed by atoms with E-state index in [-0.39, 0.29) is 12.1 Å². The molecule has 6 nitrogen and oxygen atoms in total. The second-order valence-electron chi connectivity index (χ2n) is 4.58. The van der Waals surface area contributed by atoms with E-state index >= 15 is 0 Å². The van der Waals surface area contributed by atoms with Gasteiger partial charge in [0.05, 0.1) is 23.5 Å². The summed E-state index contributed by atoms with van der Waals surface area (Å²) in [7, 11) is 3.13. The Morgan fingerprint density at radius 2 is 2.25 bits per heavy atom. The van der Waals surface area contributed by atoms with Gasteiger partial charge in [-0.1, -0.05) is 0 Å². The summed E-state index contributed by atoms with van der Waals surface area (Å²) < 4.78 is 8.60. The summed E-state index contributed by atoms with van der Waals surface area (Å²) in [6, 6.07) is 2.05. The lowest BCUT2D eigenvalue weighted by Crippen LogP contribution is -2.27. The van der Waals surface area contributed by atoms with E-state index < -0.39 is 5.97 Å². The fourth-order valence-corrected chi connectivity index (χ4v) is 3.38. The summed E-state index contributed by atoms with van der Waals surface area (Å²) in [4.78, 5) is 24.9. The van der Waals surface area contributed by atoms with E-state index in [1.165, 1.54) is 12.0 Å². The monoisotopic (exact) mass is 291 g/mol. The molecule has 0 spiro atoms. The van der Waals surface area contributed by atoms with Gasteiger partial charge in [0.1, 0.15) is 12.1 Å².